The molecular weight excluding hydrogens is 354 g/mol. The highest BCUT2D eigenvalue weighted by Gasteiger charge is 2.40. The average molecular weight is 381 g/mol. The first-order chi connectivity index (χ1) is 13.6. The SMILES string of the molecule is NCC1(C(=O)OCC(OC(=O)c2ccccc2)c2ccccc2)CCCCC1. The first kappa shape index (κ1) is 20.1. The van der Waals surface area contributed by atoms with Gasteiger partial charge < -0.3 is 15.2 Å². The van der Waals surface area contributed by atoms with E-state index in [0.29, 0.717) is 5.56 Å². The molecule has 2 aromatic rings. The predicted molar refractivity (Wildman–Crippen MR) is 107 cm³/mol. The highest BCUT2D eigenvalue weighted by atomic mass is 16.6. The van der Waals surface area contributed by atoms with Crippen LogP contribution in [0.4, 0.5) is 0 Å². The molecular formula is C23H27NO4. The Morgan fingerprint density at radius 2 is 1.54 bits per heavy atom. The zero-order chi connectivity index (χ0) is 19.8. The monoisotopic (exact) mass is 381 g/mol. The van der Waals surface area contributed by atoms with Crippen molar-refractivity contribution >= 4 is 11.9 Å². The van der Waals surface area contributed by atoms with Crippen molar-refractivity contribution in [3.8, 4) is 0 Å². The standard InChI is InChI=1S/C23H27NO4/c24-17-23(14-8-3-9-15-23)22(26)27-16-20(18-10-4-1-5-11-18)28-21(25)19-12-6-2-7-13-19/h1-2,4-7,10-13,20H,3,8-9,14-17,24H2. The quantitative estimate of drug-likeness (QED) is 0.733. The molecule has 2 N–H and O–H groups in total. The number of benzene rings is 2. The summed E-state index contributed by atoms with van der Waals surface area (Å²) in [5, 5.41) is 0. The third kappa shape index (κ3) is 4.78. The topological polar surface area (TPSA) is 78.6 Å². The van der Waals surface area contributed by atoms with Crippen molar-refractivity contribution in [2.45, 2.75) is 38.2 Å². The van der Waals surface area contributed by atoms with E-state index in [4.69, 9.17) is 15.2 Å². The second kappa shape index (κ2) is 9.51. The van der Waals surface area contributed by atoms with Crippen molar-refractivity contribution in [3.63, 3.8) is 0 Å². The van der Waals surface area contributed by atoms with Gasteiger partial charge in [0.15, 0.2) is 6.10 Å². The maximum absolute atomic E-state index is 12.8. The van der Waals surface area contributed by atoms with Crippen LogP contribution in [0.1, 0.15) is 54.1 Å². The minimum absolute atomic E-state index is 0.0246. The minimum atomic E-state index is -0.670. The molecule has 0 amide bonds. The van der Waals surface area contributed by atoms with E-state index in [2.05, 4.69) is 0 Å². The Morgan fingerprint density at radius 3 is 2.14 bits per heavy atom. The van der Waals surface area contributed by atoms with Crippen LogP contribution in [-0.2, 0) is 14.3 Å². The van der Waals surface area contributed by atoms with Crippen molar-refractivity contribution in [1.82, 2.24) is 0 Å². The smallest absolute Gasteiger partial charge is 0.338 e. The van der Waals surface area contributed by atoms with Crippen LogP contribution in [0.3, 0.4) is 0 Å². The average Bonchev–Trinajstić information content (AvgIpc) is 2.77. The number of nitrogens with two attached hydrogens (primary N) is 1. The van der Waals surface area contributed by atoms with Gasteiger partial charge in [-0.25, -0.2) is 4.79 Å². The van der Waals surface area contributed by atoms with Gasteiger partial charge in [-0.2, -0.15) is 0 Å². The van der Waals surface area contributed by atoms with Crippen LogP contribution in [0, 0.1) is 5.41 Å². The summed E-state index contributed by atoms with van der Waals surface area (Å²) in [7, 11) is 0. The zero-order valence-electron chi connectivity index (χ0n) is 16.0. The van der Waals surface area contributed by atoms with Crippen molar-refractivity contribution < 1.29 is 19.1 Å². The van der Waals surface area contributed by atoms with Crippen LogP contribution >= 0.6 is 0 Å². The molecule has 1 aliphatic carbocycles. The van der Waals surface area contributed by atoms with Crippen LogP contribution < -0.4 is 5.73 Å². The van der Waals surface area contributed by atoms with Gasteiger partial charge in [0, 0.05) is 6.54 Å². The predicted octanol–water partition coefficient (Wildman–Crippen LogP) is 4.04. The molecule has 0 saturated heterocycles. The second-order valence-electron chi connectivity index (χ2n) is 7.31. The summed E-state index contributed by atoms with van der Waals surface area (Å²) >= 11 is 0. The highest BCUT2D eigenvalue weighted by molar-refractivity contribution is 5.89. The normalized spacial score (nSPS) is 16.8. The minimum Gasteiger partial charge on any atom is -0.461 e. The molecule has 1 fully saturated rings. The number of carbonyl (C=O) groups excluding carboxylic acids is 2. The maximum atomic E-state index is 12.8. The fraction of sp³-hybridized carbons (Fsp3) is 0.391. The van der Waals surface area contributed by atoms with Gasteiger partial charge in [0.1, 0.15) is 6.61 Å². The molecule has 0 bridgehead atoms. The van der Waals surface area contributed by atoms with E-state index in [1.165, 1.54) is 0 Å². The third-order valence-corrected chi connectivity index (χ3v) is 5.43. The summed E-state index contributed by atoms with van der Waals surface area (Å²) in [6.07, 6.45) is 3.92. The number of hydrogen-bond donors (Lipinski definition) is 1. The molecule has 0 spiro atoms. The number of hydrogen-bond acceptors (Lipinski definition) is 5. The van der Waals surface area contributed by atoms with Crippen LogP contribution in [0.2, 0.25) is 0 Å². The van der Waals surface area contributed by atoms with E-state index in [0.717, 1.165) is 37.7 Å². The summed E-state index contributed by atoms with van der Waals surface area (Å²) in [5.41, 5.74) is 6.56. The highest BCUT2D eigenvalue weighted by Crippen LogP contribution is 2.37. The molecule has 0 heterocycles. The fourth-order valence-electron chi connectivity index (χ4n) is 3.66. The lowest BCUT2D eigenvalue weighted by atomic mass is 9.74. The van der Waals surface area contributed by atoms with Gasteiger partial charge in [-0.3, -0.25) is 4.79 Å². The van der Waals surface area contributed by atoms with Gasteiger partial charge in [-0.1, -0.05) is 67.8 Å². The summed E-state index contributed by atoms with van der Waals surface area (Å²) < 4.78 is 11.3. The number of esters is 2. The van der Waals surface area contributed by atoms with E-state index < -0.39 is 17.5 Å². The van der Waals surface area contributed by atoms with Crippen LogP contribution in [0.5, 0.6) is 0 Å². The van der Waals surface area contributed by atoms with Crippen molar-refractivity contribution in [3.05, 3.63) is 71.8 Å². The van der Waals surface area contributed by atoms with Crippen molar-refractivity contribution in [2.24, 2.45) is 11.1 Å². The lowest BCUT2D eigenvalue weighted by Crippen LogP contribution is -2.42. The molecule has 0 radical (unpaired) electrons. The second-order valence-corrected chi connectivity index (χ2v) is 7.31. The molecule has 0 aliphatic heterocycles. The Bertz CT molecular complexity index is 770. The molecule has 5 heteroatoms. The van der Waals surface area contributed by atoms with Gasteiger partial charge in [-0.05, 0) is 30.5 Å². The Labute approximate surface area is 165 Å². The van der Waals surface area contributed by atoms with Gasteiger partial charge in [-0.15, -0.1) is 0 Å². The van der Waals surface area contributed by atoms with Gasteiger partial charge >= 0.3 is 11.9 Å². The lowest BCUT2D eigenvalue weighted by Gasteiger charge is -2.34. The van der Waals surface area contributed by atoms with E-state index in [-0.39, 0.29) is 19.1 Å². The van der Waals surface area contributed by atoms with E-state index >= 15 is 0 Å². The molecule has 3 rings (SSSR count). The Morgan fingerprint density at radius 1 is 0.929 bits per heavy atom. The number of rotatable bonds is 7. The Hall–Kier alpha value is -2.66. The molecule has 148 valence electrons. The molecule has 1 aliphatic rings. The summed E-state index contributed by atoms with van der Waals surface area (Å²) in [6, 6.07) is 18.1. The fourth-order valence-corrected chi connectivity index (χ4v) is 3.66. The zero-order valence-corrected chi connectivity index (χ0v) is 16.0. The molecule has 1 atom stereocenters. The number of ether oxygens (including phenoxy) is 2. The lowest BCUT2D eigenvalue weighted by molar-refractivity contribution is -0.160. The van der Waals surface area contributed by atoms with Crippen LogP contribution in [0.25, 0.3) is 0 Å². The first-order valence-electron chi connectivity index (χ1n) is 9.83. The number of carbonyl (C=O) groups is 2. The molecule has 5 nitrogen and oxygen atoms in total. The van der Waals surface area contributed by atoms with E-state index in [1.807, 2.05) is 36.4 Å². The van der Waals surface area contributed by atoms with E-state index in [9.17, 15) is 9.59 Å². The molecule has 0 aromatic heterocycles. The van der Waals surface area contributed by atoms with E-state index in [1.54, 1.807) is 24.3 Å². The van der Waals surface area contributed by atoms with Gasteiger partial charge in [0.05, 0.1) is 11.0 Å². The maximum Gasteiger partial charge on any atom is 0.338 e. The molecule has 28 heavy (non-hydrogen) atoms. The van der Waals surface area contributed by atoms with Crippen LogP contribution in [0.15, 0.2) is 60.7 Å². The molecule has 1 saturated carbocycles. The third-order valence-electron chi connectivity index (χ3n) is 5.43. The Balaban J connectivity index is 1.71. The van der Waals surface area contributed by atoms with Crippen molar-refractivity contribution in [2.75, 3.05) is 13.2 Å². The van der Waals surface area contributed by atoms with Crippen LogP contribution in [-0.4, -0.2) is 25.1 Å². The summed E-state index contributed by atoms with van der Waals surface area (Å²) in [4.78, 5) is 25.3. The summed E-state index contributed by atoms with van der Waals surface area (Å²) in [6.45, 7) is 0.259. The van der Waals surface area contributed by atoms with Crippen molar-refractivity contribution in [1.29, 1.82) is 0 Å². The molecule has 1 unspecified atom stereocenters. The molecule has 2 aromatic carbocycles. The summed E-state index contributed by atoms with van der Waals surface area (Å²) in [5.74, 6) is -0.733. The first-order valence-corrected chi connectivity index (χ1v) is 9.83. The largest absolute Gasteiger partial charge is 0.461 e. The Kier molecular flexibility index (Phi) is 6.82. The van der Waals surface area contributed by atoms with Gasteiger partial charge in [0.2, 0.25) is 0 Å². The van der Waals surface area contributed by atoms with Gasteiger partial charge in [0.25, 0.3) is 0 Å².